The molecule has 1 saturated carbocycles. The largest absolute Gasteiger partial charge is 0.464 e. The molecule has 0 radical (unpaired) electrons. The molecule has 0 unspecified atom stereocenters. The van der Waals surface area contributed by atoms with E-state index in [2.05, 4.69) is 58.9 Å². The normalized spacial score (nSPS) is 18.7. The van der Waals surface area contributed by atoms with Crippen molar-refractivity contribution in [3.05, 3.63) is 53.9 Å². The Hall–Kier alpha value is -3.39. The van der Waals surface area contributed by atoms with E-state index in [0.29, 0.717) is 24.6 Å². The Morgan fingerprint density at radius 1 is 1.09 bits per heavy atom. The first-order chi connectivity index (χ1) is 16.1. The van der Waals surface area contributed by atoms with Crippen molar-refractivity contribution in [2.45, 2.75) is 64.1 Å². The number of rotatable bonds is 7. The number of aromatic nitrogens is 4. The van der Waals surface area contributed by atoms with Gasteiger partial charge in [-0.3, -0.25) is 5.10 Å². The molecule has 4 aromatic rings. The van der Waals surface area contributed by atoms with Gasteiger partial charge >= 0.3 is 0 Å². The number of fused-ring (bicyclic) bond motifs is 1. The van der Waals surface area contributed by atoms with Gasteiger partial charge in [-0.2, -0.15) is 10.1 Å². The van der Waals surface area contributed by atoms with E-state index in [9.17, 15) is 0 Å². The second-order valence-corrected chi connectivity index (χ2v) is 9.17. The van der Waals surface area contributed by atoms with E-state index in [1.807, 2.05) is 12.1 Å². The Bertz CT molecular complexity index is 1190. The van der Waals surface area contributed by atoms with Gasteiger partial charge in [-0.25, -0.2) is 4.98 Å². The van der Waals surface area contributed by atoms with Crippen LogP contribution in [0.5, 0.6) is 0 Å². The third-order valence-corrected chi connectivity index (χ3v) is 6.31. The summed E-state index contributed by atoms with van der Waals surface area (Å²) in [6.45, 7) is 4.89. The Morgan fingerprint density at radius 3 is 2.58 bits per heavy atom. The van der Waals surface area contributed by atoms with Crippen LogP contribution in [-0.2, 0) is 6.54 Å². The SMILES string of the molecule is CC(C)c1n[nH]c2c(NCc3ccc(-c4ccco4)cc3)nc(N[C@H]3CC[C@H](N)CC3)nc12. The lowest BCUT2D eigenvalue weighted by Gasteiger charge is -2.26. The lowest BCUT2D eigenvalue weighted by Crippen LogP contribution is -2.33. The molecule has 0 saturated heterocycles. The van der Waals surface area contributed by atoms with Crippen molar-refractivity contribution >= 4 is 22.8 Å². The third kappa shape index (κ3) is 4.71. The van der Waals surface area contributed by atoms with Gasteiger partial charge in [-0.05, 0) is 49.3 Å². The first-order valence-corrected chi connectivity index (χ1v) is 11.7. The molecule has 172 valence electrons. The molecular weight excluding hydrogens is 414 g/mol. The summed E-state index contributed by atoms with van der Waals surface area (Å²) in [4.78, 5) is 9.64. The van der Waals surface area contributed by atoms with Crippen LogP contribution in [0.3, 0.4) is 0 Å². The summed E-state index contributed by atoms with van der Waals surface area (Å²) >= 11 is 0. The minimum Gasteiger partial charge on any atom is -0.464 e. The smallest absolute Gasteiger partial charge is 0.225 e. The molecule has 0 atom stereocenters. The third-order valence-electron chi connectivity index (χ3n) is 6.31. The van der Waals surface area contributed by atoms with Gasteiger partial charge in [0, 0.05) is 24.2 Å². The maximum Gasteiger partial charge on any atom is 0.225 e. The standard InChI is InChI=1S/C25H31N7O/c1-15(2)21-22-23(32-31-21)24(30-25(29-22)28-19-11-9-18(26)10-12-19)27-14-16-5-7-17(8-6-16)20-4-3-13-33-20/h3-8,13,15,18-19H,9-12,14,26H2,1-2H3,(H,31,32)(H2,27,28,29,30)/t18-,19-. The van der Waals surface area contributed by atoms with Crippen molar-refractivity contribution in [3.8, 4) is 11.3 Å². The minimum absolute atomic E-state index is 0.260. The summed E-state index contributed by atoms with van der Waals surface area (Å²) in [5, 5.41) is 14.7. The highest BCUT2D eigenvalue weighted by atomic mass is 16.3. The van der Waals surface area contributed by atoms with Gasteiger partial charge < -0.3 is 20.8 Å². The van der Waals surface area contributed by atoms with Crippen LogP contribution in [0.2, 0.25) is 0 Å². The Balaban J connectivity index is 1.37. The summed E-state index contributed by atoms with van der Waals surface area (Å²) in [7, 11) is 0. The molecule has 8 nitrogen and oxygen atoms in total. The van der Waals surface area contributed by atoms with Crippen molar-refractivity contribution in [1.29, 1.82) is 0 Å². The molecule has 0 aliphatic heterocycles. The van der Waals surface area contributed by atoms with Crippen LogP contribution < -0.4 is 16.4 Å². The van der Waals surface area contributed by atoms with Gasteiger partial charge in [-0.15, -0.1) is 0 Å². The second kappa shape index (κ2) is 9.23. The Morgan fingerprint density at radius 2 is 1.88 bits per heavy atom. The fraction of sp³-hybridized carbons (Fsp3) is 0.400. The zero-order chi connectivity index (χ0) is 22.8. The zero-order valence-corrected chi connectivity index (χ0v) is 19.1. The molecule has 1 aliphatic rings. The highest BCUT2D eigenvalue weighted by Crippen LogP contribution is 2.29. The van der Waals surface area contributed by atoms with Crippen LogP contribution in [0.15, 0.2) is 47.1 Å². The van der Waals surface area contributed by atoms with E-state index in [0.717, 1.165) is 65.1 Å². The molecule has 1 fully saturated rings. The van der Waals surface area contributed by atoms with Gasteiger partial charge in [0.1, 0.15) is 16.8 Å². The van der Waals surface area contributed by atoms with Gasteiger partial charge in [0.05, 0.1) is 12.0 Å². The van der Waals surface area contributed by atoms with Crippen LogP contribution in [-0.4, -0.2) is 32.2 Å². The van der Waals surface area contributed by atoms with Crippen LogP contribution in [0.25, 0.3) is 22.4 Å². The molecule has 3 heterocycles. The first kappa shape index (κ1) is 21.5. The fourth-order valence-corrected chi connectivity index (χ4v) is 4.38. The predicted octanol–water partition coefficient (Wildman–Crippen LogP) is 5.03. The summed E-state index contributed by atoms with van der Waals surface area (Å²) in [5.74, 6) is 2.52. The van der Waals surface area contributed by atoms with Crippen LogP contribution >= 0.6 is 0 Å². The van der Waals surface area contributed by atoms with E-state index >= 15 is 0 Å². The maximum absolute atomic E-state index is 6.07. The van der Waals surface area contributed by atoms with Crippen LogP contribution in [0.4, 0.5) is 11.8 Å². The minimum atomic E-state index is 0.260. The van der Waals surface area contributed by atoms with E-state index < -0.39 is 0 Å². The topological polar surface area (TPSA) is 118 Å². The van der Waals surface area contributed by atoms with Crippen molar-refractivity contribution in [2.24, 2.45) is 5.73 Å². The van der Waals surface area contributed by atoms with Crippen molar-refractivity contribution in [3.63, 3.8) is 0 Å². The highest BCUT2D eigenvalue weighted by molar-refractivity contribution is 5.88. The number of anilines is 2. The maximum atomic E-state index is 6.07. The second-order valence-electron chi connectivity index (χ2n) is 9.17. The molecule has 0 spiro atoms. The number of nitrogens with one attached hydrogen (secondary N) is 3. The quantitative estimate of drug-likeness (QED) is 0.315. The number of nitrogens with zero attached hydrogens (tertiary/aromatic N) is 3. The van der Waals surface area contributed by atoms with Crippen LogP contribution in [0.1, 0.15) is 56.7 Å². The number of nitrogens with two attached hydrogens (primary N) is 1. The average Bonchev–Trinajstić information content (AvgIpc) is 3.50. The lowest BCUT2D eigenvalue weighted by molar-refractivity contribution is 0.410. The summed E-state index contributed by atoms with van der Waals surface area (Å²) in [6, 6.07) is 12.8. The zero-order valence-electron chi connectivity index (χ0n) is 19.1. The van der Waals surface area contributed by atoms with E-state index in [-0.39, 0.29) is 5.92 Å². The monoisotopic (exact) mass is 445 g/mol. The van der Waals surface area contributed by atoms with E-state index in [1.54, 1.807) is 6.26 Å². The number of hydrogen-bond acceptors (Lipinski definition) is 7. The molecule has 33 heavy (non-hydrogen) atoms. The van der Waals surface area contributed by atoms with E-state index in [4.69, 9.17) is 20.1 Å². The van der Waals surface area contributed by atoms with Crippen molar-refractivity contribution in [2.75, 3.05) is 10.6 Å². The molecule has 1 aliphatic carbocycles. The molecule has 5 N–H and O–H groups in total. The van der Waals surface area contributed by atoms with Crippen molar-refractivity contribution in [1.82, 2.24) is 20.2 Å². The summed E-state index contributed by atoms with van der Waals surface area (Å²) < 4.78 is 5.48. The molecule has 0 bridgehead atoms. The van der Waals surface area contributed by atoms with Gasteiger partial charge in [0.15, 0.2) is 5.82 Å². The Labute approximate surface area is 193 Å². The number of hydrogen-bond donors (Lipinski definition) is 4. The first-order valence-electron chi connectivity index (χ1n) is 11.7. The highest BCUT2D eigenvalue weighted by Gasteiger charge is 2.21. The van der Waals surface area contributed by atoms with Gasteiger partial charge in [-0.1, -0.05) is 38.1 Å². The number of furan rings is 1. The molecule has 0 amide bonds. The van der Waals surface area contributed by atoms with Crippen molar-refractivity contribution < 1.29 is 4.42 Å². The molecule has 1 aromatic carbocycles. The lowest BCUT2D eigenvalue weighted by atomic mass is 9.92. The predicted molar refractivity (Wildman–Crippen MR) is 131 cm³/mol. The van der Waals surface area contributed by atoms with Gasteiger partial charge in [0.2, 0.25) is 5.95 Å². The fourth-order valence-electron chi connectivity index (χ4n) is 4.38. The Kier molecular flexibility index (Phi) is 6.00. The van der Waals surface area contributed by atoms with E-state index in [1.165, 1.54) is 0 Å². The molecule has 3 aromatic heterocycles. The number of H-pyrrole nitrogens is 1. The molecule has 8 heteroatoms. The summed E-state index contributed by atoms with van der Waals surface area (Å²) in [6.07, 6.45) is 5.82. The summed E-state index contributed by atoms with van der Waals surface area (Å²) in [5.41, 5.74) is 10.9. The number of aromatic amines is 1. The molecular formula is C25H31N7O. The van der Waals surface area contributed by atoms with Gasteiger partial charge in [0.25, 0.3) is 0 Å². The number of benzene rings is 1. The average molecular weight is 446 g/mol. The van der Waals surface area contributed by atoms with Crippen LogP contribution in [0, 0.1) is 0 Å². The molecule has 5 rings (SSSR count).